The number of nitrogens with one attached hydrogen (secondary N) is 1. The zero-order valence-electron chi connectivity index (χ0n) is 16.5. The van der Waals surface area contributed by atoms with Crippen LogP contribution in [0.3, 0.4) is 0 Å². The minimum Gasteiger partial charge on any atom is -0.308 e. The van der Waals surface area contributed by atoms with E-state index < -0.39 is 0 Å². The van der Waals surface area contributed by atoms with Gasteiger partial charge in [-0.2, -0.15) is 0 Å². The fourth-order valence-corrected chi connectivity index (χ4v) is 2.66. The van der Waals surface area contributed by atoms with Crippen LogP contribution in [-0.2, 0) is 0 Å². The van der Waals surface area contributed by atoms with Crippen molar-refractivity contribution < 1.29 is 4.79 Å². The summed E-state index contributed by atoms with van der Waals surface area (Å²) in [5, 5.41) is 3.05. The first-order valence-electron chi connectivity index (χ1n) is 8.80. The molecule has 1 N–H and O–H groups in total. The molecule has 0 unspecified atom stereocenters. The SMILES string of the molecule is Cc1ccc(NC(=O)N(CC(C)(C)C)c2ccc(C)c(C)c2)cc1C. The normalized spacial score (nSPS) is 11.3. The van der Waals surface area contributed by atoms with Crippen LogP contribution in [-0.4, -0.2) is 12.6 Å². The van der Waals surface area contributed by atoms with Gasteiger partial charge in [-0.15, -0.1) is 0 Å². The summed E-state index contributed by atoms with van der Waals surface area (Å²) in [6, 6.07) is 12.1. The van der Waals surface area contributed by atoms with E-state index in [9.17, 15) is 4.79 Å². The van der Waals surface area contributed by atoms with Crippen LogP contribution in [0.2, 0.25) is 0 Å². The molecule has 0 atom stereocenters. The van der Waals surface area contributed by atoms with Gasteiger partial charge < -0.3 is 5.32 Å². The Morgan fingerprint density at radius 1 is 0.880 bits per heavy atom. The van der Waals surface area contributed by atoms with Crippen molar-refractivity contribution in [1.82, 2.24) is 0 Å². The van der Waals surface area contributed by atoms with Crippen LogP contribution in [0, 0.1) is 33.1 Å². The highest BCUT2D eigenvalue weighted by Gasteiger charge is 2.23. The summed E-state index contributed by atoms with van der Waals surface area (Å²) in [7, 11) is 0. The molecule has 3 heteroatoms. The predicted octanol–water partition coefficient (Wildman–Crippen LogP) is 6.00. The van der Waals surface area contributed by atoms with Gasteiger partial charge in [0.05, 0.1) is 0 Å². The number of hydrogen-bond acceptors (Lipinski definition) is 1. The molecule has 2 amide bonds. The Bertz CT molecular complexity index is 772. The number of nitrogens with zero attached hydrogens (tertiary/aromatic N) is 1. The summed E-state index contributed by atoms with van der Waals surface area (Å²) in [5.41, 5.74) is 6.57. The predicted molar refractivity (Wildman–Crippen MR) is 108 cm³/mol. The molecule has 0 spiro atoms. The quantitative estimate of drug-likeness (QED) is 0.731. The third kappa shape index (κ3) is 5.09. The van der Waals surface area contributed by atoms with E-state index in [0.29, 0.717) is 6.54 Å². The second-order valence-electron chi connectivity index (χ2n) is 8.14. The van der Waals surface area contributed by atoms with Gasteiger partial charge in [-0.3, -0.25) is 4.90 Å². The monoisotopic (exact) mass is 338 g/mol. The number of carbonyl (C=O) groups excluding carboxylic acids is 1. The number of anilines is 2. The molecular formula is C22H30N2O. The van der Waals surface area contributed by atoms with Crippen LogP contribution < -0.4 is 10.2 Å². The second kappa shape index (κ2) is 7.30. The van der Waals surface area contributed by atoms with Crippen molar-refractivity contribution in [2.24, 2.45) is 5.41 Å². The Labute approximate surface area is 152 Å². The summed E-state index contributed by atoms with van der Waals surface area (Å²) in [4.78, 5) is 14.8. The van der Waals surface area contributed by atoms with Crippen molar-refractivity contribution in [2.75, 3.05) is 16.8 Å². The van der Waals surface area contributed by atoms with Gasteiger partial charge in [0, 0.05) is 17.9 Å². The molecule has 0 aliphatic rings. The lowest BCUT2D eigenvalue weighted by Gasteiger charge is -2.30. The molecule has 0 saturated carbocycles. The van der Waals surface area contributed by atoms with Gasteiger partial charge in [-0.05, 0) is 79.6 Å². The maximum absolute atomic E-state index is 13.0. The zero-order valence-corrected chi connectivity index (χ0v) is 16.5. The van der Waals surface area contributed by atoms with Crippen LogP contribution in [0.15, 0.2) is 36.4 Å². The average molecular weight is 338 g/mol. The van der Waals surface area contributed by atoms with Gasteiger partial charge in [-0.1, -0.05) is 32.9 Å². The second-order valence-corrected chi connectivity index (χ2v) is 8.14. The number of hydrogen-bond donors (Lipinski definition) is 1. The fourth-order valence-electron chi connectivity index (χ4n) is 2.66. The van der Waals surface area contributed by atoms with E-state index in [1.807, 2.05) is 29.2 Å². The van der Waals surface area contributed by atoms with E-state index >= 15 is 0 Å². The first-order chi connectivity index (χ1) is 11.6. The molecule has 0 radical (unpaired) electrons. The van der Waals surface area contributed by atoms with Gasteiger partial charge in [0.25, 0.3) is 0 Å². The van der Waals surface area contributed by atoms with Crippen LogP contribution >= 0.6 is 0 Å². The van der Waals surface area contributed by atoms with Crippen LogP contribution in [0.4, 0.5) is 16.2 Å². The molecule has 2 aromatic carbocycles. The summed E-state index contributed by atoms with van der Waals surface area (Å²) in [6.07, 6.45) is 0. The highest BCUT2D eigenvalue weighted by molar-refractivity contribution is 6.02. The summed E-state index contributed by atoms with van der Waals surface area (Å²) in [6.45, 7) is 15.4. The van der Waals surface area contributed by atoms with Crippen molar-refractivity contribution in [3.05, 3.63) is 58.7 Å². The lowest BCUT2D eigenvalue weighted by molar-refractivity contribution is 0.253. The summed E-state index contributed by atoms with van der Waals surface area (Å²) < 4.78 is 0. The molecule has 0 bridgehead atoms. The van der Waals surface area contributed by atoms with Crippen LogP contribution in [0.25, 0.3) is 0 Å². The number of benzene rings is 2. The maximum Gasteiger partial charge on any atom is 0.326 e. The Morgan fingerprint density at radius 3 is 1.96 bits per heavy atom. The van der Waals surface area contributed by atoms with Crippen LogP contribution in [0.1, 0.15) is 43.0 Å². The topological polar surface area (TPSA) is 32.3 Å². The molecule has 0 aromatic heterocycles. The van der Waals surface area contributed by atoms with Crippen molar-refractivity contribution in [2.45, 2.75) is 48.5 Å². The van der Waals surface area contributed by atoms with Gasteiger partial charge in [0.1, 0.15) is 0 Å². The molecule has 25 heavy (non-hydrogen) atoms. The van der Waals surface area contributed by atoms with Crippen molar-refractivity contribution in [3.63, 3.8) is 0 Å². The van der Waals surface area contributed by atoms with E-state index in [1.54, 1.807) is 0 Å². The van der Waals surface area contributed by atoms with E-state index in [1.165, 1.54) is 22.3 Å². The zero-order chi connectivity index (χ0) is 18.8. The number of urea groups is 1. The summed E-state index contributed by atoms with van der Waals surface area (Å²) >= 11 is 0. The Kier molecular flexibility index (Phi) is 5.56. The van der Waals surface area contributed by atoms with Gasteiger partial charge >= 0.3 is 6.03 Å². The molecule has 2 aromatic rings. The lowest BCUT2D eigenvalue weighted by Crippen LogP contribution is -2.40. The Balaban J connectivity index is 2.31. The fraction of sp³-hybridized carbons (Fsp3) is 0.409. The molecule has 0 aliphatic carbocycles. The number of amides is 2. The maximum atomic E-state index is 13.0. The minimum absolute atomic E-state index is 0.000671. The molecule has 134 valence electrons. The largest absolute Gasteiger partial charge is 0.326 e. The van der Waals surface area contributed by atoms with Crippen molar-refractivity contribution >= 4 is 17.4 Å². The van der Waals surface area contributed by atoms with E-state index in [2.05, 4.69) is 65.9 Å². The molecular weight excluding hydrogens is 308 g/mol. The third-order valence-electron chi connectivity index (χ3n) is 4.44. The standard InChI is InChI=1S/C22H30N2O/c1-15-8-10-19(12-17(15)3)23-21(25)24(14-22(5,6)7)20-11-9-16(2)18(4)13-20/h8-13H,14H2,1-7H3,(H,23,25). The van der Waals surface area contributed by atoms with Gasteiger partial charge in [0.15, 0.2) is 0 Å². The average Bonchev–Trinajstić information content (AvgIpc) is 2.50. The van der Waals surface area contributed by atoms with Gasteiger partial charge in [-0.25, -0.2) is 4.79 Å². The van der Waals surface area contributed by atoms with E-state index in [4.69, 9.17) is 0 Å². The number of aryl methyl sites for hydroxylation is 4. The number of rotatable bonds is 3. The Hall–Kier alpha value is -2.29. The third-order valence-corrected chi connectivity index (χ3v) is 4.44. The van der Waals surface area contributed by atoms with Crippen LogP contribution in [0.5, 0.6) is 0 Å². The minimum atomic E-state index is -0.0959. The molecule has 2 rings (SSSR count). The number of carbonyl (C=O) groups is 1. The molecule has 0 fully saturated rings. The molecule has 3 nitrogen and oxygen atoms in total. The van der Waals surface area contributed by atoms with Crippen molar-refractivity contribution in [1.29, 1.82) is 0 Å². The summed E-state index contributed by atoms with van der Waals surface area (Å²) in [5.74, 6) is 0. The highest BCUT2D eigenvalue weighted by Crippen LogP contribution is 2.25. The van der Waals surface area contributed by atoms with E-state index in [-0.39, 0.29) is 11.4 Å². The lowest BCUT2D eigenvalue weighted by atomic mass is 9.95. The van der Waals surface area contributed by atoms with Crippen molar-refractivity contribution in [3.8, 4) is 0 Å². The first kappa shape index (κ1) is 19.0. The van der Waals surface area contributed by atoms with Gasteiger partial charge in [0.2, 0.25) is 0 Å². The Morgan fingerprint density at radius 2 is 1.44 bits per heavy atom. The molecule has 0 saturated heterocycles. The highest BCUT2D eigenvalue weighted by atomic mass is 16.2. The molecule has 0 heterocycles. The first-order valence-corrected chi connectivity index (χ1v) is 8.80. The van der Waals surface area contributed by atoms with E-state index in [0.717, 1.165) is 11.4 Å². The smallest absolute Gasteiger partial charge is 0.308 e. The molecule has 0 aliphatic heterocycles.